The first-order valence-electron chi connectivity index (χ1n) is 6.55. The van der Waals surface area contributed by atoms with Crippen molar-refractivity contribution in [1.29, 1.82) is 0 Å². The molecule has 2 N–H and O–H groups in total. The molecule has 7 heteroatoms. The quantitative estimate of drug-likeness (QED) is 0.772. The van der Waals surface area contributed by atoms with Crippen molar-refractivity contribution in [1.82, 2.24) is 15.2 Å². The lowest BCUT2D eigenvalue weighted by Crippen LogP contribution is -1.98. The summed E-state index contributed by atoms with van der Waals surface area (Å²) >= 11 is 0. The Hall–Kier alpha value is -3.09. The highest BCUT2D eigenvalue weighted by Gasteiger charge is 2.12. The zero-order valence-electron chi connectivity index (χ0n) is 11.9. The number of hydrogen-bond acceptors (Lipinski definition) is 7. The Labute approximate surface area is 126 Å². The second-order valence-electron chi connectivity index (χ2n) is 4.46. The lowest BCUT2D eigenvalue weighted by atomic mass is 10.2. The van der Waals surface area contributed by atoms with Gasteiger partial charge in [0.05, 0.1) is 7.11 Å². The summed E-state index contributed by atoms with van der Waals surface area (Å²) in [7, 11) is 1.58. The van der Waals surface area contributed by atoms with Gasteiger partial charge in [-0.2, -0.15) is 0 Å². The minimum absolute atomic E-state index is 0.0173. The van der Waals surface area contributed by atoms with Crippen molar-refractivity contribution in [3.8, 4) is 23.0 Å². The number of rotatable bonds is 5. The largest absolute Gasteiger partial charge is 0.493 e. The van der Waals surface area contributed by atoms with Crippen LogP contribution in [0.2, 0.25) is 0 Å². The van der Waals surface area contributed by atoms with E-state index in [4.69, 9.17) is 19.6 Å². The molecule has 0 radical (unpaired) electrons. The zero-order chi connectivity index (χ0) is 15.4. The molecular weight excluding hydrogens is 284 g/mol. The van der Waals surface area contributed by atoms with E-state index in [0.717, 1.165) is 5.56 Å². The van der Waals surface area contributed by atoms with Gasteiger partial charge in [-0.15, -0.1) is 5.10 Å². The number of nitrogen functional groups attached to an aromatic ring is 1. The van der Waals surface area contributed by atoms with Crippen molar-refractivity contribution in [3.63, 3.8) is 0 Å². The molecule has 2 heterocycles. The van der Waals surface area contributed by atoms with Gasteiger partial charge in [0, 0.05) is 23.5 Å². The van der Waals surface area contributed by atoms with Crippen LogP contribution in [0.15, 0.2) is 47.1 Å². The smallest absolute Gasteiger partial charge is 0.313 e. The van der Waals surface area contributed by atoms with Crippen LogP contribution in [0.5, 0.6) is 11.5 Å². The number of methoxy groups -OCH3 is 1. The van der Waals surface area contributed by atoms with Crippen LogP contribution < -0.4 is 15.2 Å². The fraction of sp³-hybridized carbons (Fsp3) is 0.133. The van der Waals surface area contributed by atoms with Gasteiger partial charge in [0.25, 0.3) is 0 Å². The summed E-state index contributed by atoms with van der Waals surface area (Å²) < 4.78 is 16.3. The number of ether oxygens (including phenoxy) is 2. The molecule has 0 aliphatic carbocycles. The average molecular weight is 298 g/mol. The highest BCUT2D eigenvalue weighted by atomic mass is 16.5. The molecule has 2 aromatic heterocycles. The molecule has 7 nitrogen and oxygen atoms in total. The number of nitrogens with zero attached hydrogens (tertiary/aromatic N) is 3. The third kappa shape index (κ3) is 2.98. The van der Waals surface area contributed by atoms with Gasteiger partial charge >= 0.3 is 6.01 Å². The molecule has 1 aromatic carbocycles. The summed E-state index contributed by atoms with van der Waals surface area (Å²) in [5, 5.41) is 7.49. The van der Waals surface area contributed by atoms with Crippen LogP contribution in [0.3, 0.4) is 0 Å². The third-order valence-electron chi connectivity index (χ3n) is 2.97. The summed E-state index contributed by atoms with van der Waals surface area (Å²) in [4.78, 5) is 4.05. The Kier molecular flexibility index (Phi) is 3.86. The van der Waals surface area contributed by atoms with Crippen molar-refractivity contribution in [2.45, 2.75) is 6.61 Å². The van der Waals surface area contributed by atoms with Gasteiger partial charge in [0.1, 0.15) is 6.61 Å². The molecule has 3 aromatic rings. The predicted octanol–water partition coefficient (Wildman–Crippen LogP) is 2.30. The molecule has 0 unspecified atom stereocenters. The lowest BCUT2D eigenvalue weighted by molar-refractivity contribution is 0.284. The van der Waals surface area contributed by atoms with Gasteiger partial charge in [-0.25, -0.2) is 0 Å². The lowest BCUT2D eigenvalue weighted by Gasteiger charge is -2.11. The number of pyridine rings is 1. The number of nitrogens with two attached hydrogens (primary N) is 1. The van der Waals surface area contributed by atoms with Crippen LogP contribution in [-0.4, -0.2) is 22.3 Å². The standard InChI is InChI=1S/C15H14N4O3/c1-20-12-5-4-11(14-18-19-15(16)22-14)7-13(12)21-9-10-3-2-6-17-8-10/h2-8H,9H2,1H3,(H2,16,19). The summed E-state index contributed by atoms with van der Waals surface area (Å²) in [5.74, 6) is 1.51. The molecule has 112 valence electrons. The molecule has 0 saturated carbocycles. The van der Waals surface area contributed by atoms with E-state index in [1.54, 1.807) is 37.7 Å². The molecule has 0 spiro atoms. The van der Waals surface area contributed by atoms with Crippen LogP contribution in [0.1, 0.15) is 5.56 Å². The first-order valence-corrected chi connectivity index (χ1v) is 6.55. The Morgan fingerprint density at radius 3 is 2.77 bits per heavy atom. The minimum Gasteiger partial charge on any atom is -0.493 e. The van der Waals surface area contributed by atoms with Crippen molar-refractivity contribution in [3.05, 3.63) is 48.3 Å². The van der Waals surface area contributed by atoms with Crippen LogP contribution in [0.25, 0.3) is 11.5 Å². The SMILES string of the molecule is COc1ccc(-c2nnc(N)o2)cc1OCc1cccnc1. The predicted molar refractivity (Wildman–Crippen MR) is 79.3 cm³/mol. The Morgan fingerprint density at radius 1 is 1.18 bits per heavy atom. The molecule has 0 amide bonds. The second kappa shape index (κ2) is 6.13. The third-order valence-corrected chi connectivity index (χ3v) is 2.97. The second-order valence-corrected chi connectivity index (χ2v) is 4.46. The fourth-order valence-electron chi connectivity index (χ4n) is 1.92. The highest BCUT2D eigenvalue weighted by molar-refractivity contribution is 5.60. The summed E-state index contributed by atoms with van der Waals surface area (Å²) in [6, 6.07) is 9.14. The van der Waals surface area contributed by atoms with Gasteiger partial charge in [-0.3, -0.25) is 4.98 Å². The van der Waals surface area contributed by atoms with Crippen molar-refractivity contribution in [2.75, 3.05) is 12.8 Å². The molecular formula is C15H14N4O3. The van der Waals surface area contributed by atoms with E-state index in [9.17, 15) is 0 Å². The van der Waals surface area contributed by atoms with E-state index in [2.05, 4.69) is 15.2 Å². The average Bonchev–Trinajstić information content (AvgIpc) is 3.00. The van der Waals surface area contributed by atoms with Crippen LogP contribution in [-0.2, 0) is 6.61 Å². The Morgan fingerprint density at radius 2 is 2.09 bits per heavy atom. The molecule has 0 fully saturated rings. The monoisotopic (exact) mass is 298 g/mol. The first-order chi connectivity index (χ1) is 10.8. The summed E-state index contributed by atoms with van der Waals surface area (Å²) in [5.41, 5.74) is 7.10. The molecule has 0 saturated heterocycles. The van der Waals surface area contributed by atoms with E-state index in [0.29, 0.717) is 29.6 Å². The fourth-order valence-corrected chi connectivity index (χ4v) is 1.92. The Bertz CT molecular complexity index is 758. The van der Waals surface area contributed by atoms with E-state index >= 15 is 0 Å². The molecule has 0 atom stereocenters. The zero-order valence-corrected chi connectivity index (χ0v) is 11.9. The summed E-state index contributed by atoms with van der Waals surface area (Å²) in [6.07, 6.45) is 3.46. The van der Waals surface area contributed by atoms with Crippen LogP contribution >= 0.6 is 0 Å². The molecule has 0 bridgehead atoms. The molecule has 0 aliphatic heterocycles. The van der Waals surface area contributed by atoms with E-state index in [1.165, 1.54) is 0 Å². The first kappa shape index (κ1) is 13.9. The summed E-state index contributed by atoms with van der Waals surface area (Å²) in [6.45, 7) is 0.375. The van der Waals surface area contributed by atoms with Crippen molar-refractivity contribution < 1.29 is 13.9 Å². The van der Waals surface area contributed by atoms with Gasteiger partial charge in [-0.05, 0) is 24.3 Å². The minimum atomic E-state index is 0.0173. The van der Waals surface area contributed by atoms with Crippen LogP contribution in [0.4, 0.5) is 6.01 Å². The van der Waals surface area contributed by atoms with Crippen molar-refractivity contribution in [2.24, 2.45) is 0 Å². The molecule has 22 heavy (non-hydrogen) atoms. The van der Waals surface area contributed by atoms with Crippen LogP contribution in [0, 0.1) is 0 Å². The van der Waals surface area contributed by atoms with Crippen molar-refractivity contribution >= 4 is 6.01 Å². The Balaban J connectivity index is 1.85. The number of anilines is 1. The van der Waals surface area contributed by atoms with Gasteiger partial charge in [0.2, 0.25) is 5.89 Å². The maximum absolute atomic E-state index is 5.80. The topological polar surface area (TPSA) is 96.3 Å². The van der Waals surface area contributed by atoms with Gasteiger partial charge in [0.15, 0.2) is 11.5 Å². The molecule has 3 rings (SSSR count). The van der Waals surface area contributed by atoms with Gasteiger partial charge < -0.3 is 19.6 Å². The normalized spacial score (nSPS) is 10.4. The van der Waals surface area contributed by atoms with E-state index in [1.807, 2.05) is 12.1 Å². The number of hydrogen-bond donors (Lipinski definition) is 1. The van der Waals surface area contributed by atoms with E-state index < -0.39 is 0 Å². The molecule has 0 aliphatic rings. The number of aromatic nitrogens is 3. The van der Waals surface area contributed by atoms with Gasteiger partial charge in [-0.1, -0.05) is 11.2 Å². The van der Waals surface area contributed by atoms with E-state index in [-0.39, 0.29) is 6.01 Å². The maximum Gasteiger partial charge on any atom is 0.313 e. The highest BCUT2D eigenvalue weighted by Crippen LogP contribution is 2.32. The number of benzene rings is 1. The maximum atomic E-state index is 5.80.